The van der Waals surface area contributed by atoms with Crippen LogP contribution in [0.3, 0.4) is 0 Å². The van der Waals surface area contributed by atoms with Crippen molar-refractivity contribution in [2.24, 2.45) is 0 Å². The second-order valence-corrected chi connectivity index (χ2v) is 3.34. The lowest BCUT2D eigenvalue weighted by Crippen LogP contribution is -2.38. The smallest absolute Gasteiger partial charge is 0.163 e. The third-order valence-corrected chi connectivity index (χ3v) is 1.71. The summed E-state index contributed by atoms with van der Waals surface area (Å²) < 4.78 is 0. The molecule has 0 amide bonds. The molecule has 3 heteroatoms. The van der Waals surface area contributed by atoms with Crippen LogP contribution in [0.2, 0.25) is 0 Å². The quantitative estimate of drug-likeness (QED) is 0.578. The van der Waals surface area contributed by atoms with E-state index < -0.39 is 0 Å². The number of nitrogens with zero attached hydrogens (tertiary/aromatic N) is 2. The Hall–Kier alpha value is -0.410. The molecule has 1 atom stereocenters. The molecule has 11 heavy (non-hydrogen) atoms. The molecule has 0 aromatic rings. The van der Waals surface area contributed by atoms with Crippen molar-refractivity contribution < 1.29 is 4.79 Å². The van der Waals surface area contributed by atoms with Crippen molar-refractivity contribution in [2.45, 2.75) is 13.0 Å². The third kappa shape index (κ3) is 4.11. The van der Waals surface area contributed by atoms with Crippen molar-refractivity contribution in [1.82, 2.24) is 9.80 Å². The van der Waals surface area contributed by atoms with Gasteiger partial charge in [0.15, 0.2) is 5.78 Å². The molecular weight excluding hydrogens is 140 g/mol. The average Bonchev–Trinajstić information content (AvgIpc) is 1.84. The first-order valence-electron chi connectivity index (χ1n) is 3.79. The van der Waals surface area contributed by atoms with E-state index in [2.05, 4.69) is 0 Å². The van der Waals surface area contributed by atoms with Gasteiger partial charge in [-0.05, 0) is 35.1 Å². The van der Waals surface area contributed by atoms with Gasteiger partial charge >= 0.3 is 0 Å². The Balaban J connectivity index is 3.83. The molecule has 0 heterocycles. The topological polar surface area (TPSA) is 23.6 Å². The van der Waals surface area contributed by atoms with Crippen LogP contribution in [0.1, 0.15) is 6.92 Å². The number of carbonyl (C=O) groups is 1. The molecule has 0 aromatic heterocycles. The fourth-order valence-corrected chi connectivity index (χ4v) is 0.732. The lowest BCUT2D eigenvalue weighted by Gasteiger charge is -2.20. The van der Waals surface area contributed by atoms with Gasteiger partial charge < -0.3 is 4.90 Å². The number of rotatable bonds is 4. The Labute approximate surface area is 69.0 Å². The molecule has 66 valence electrons. The second-order valence-electron chi connectivity index (χ2n) is 3.34. The van der Waals surface area contributed by atoms with Gasteiger partial charge in [-0.3, -0.25) is 9.69 Å². The van der Waals surface area contributed by atoms with E-state index in [0.717, 1.165) is 0 Å². The predicted molar refractivity (Wildman–Crippen MR) is 46.7 cm³/mol. The monoisotopic (exact) mass is 158 g/mol. The molecule has 0 aliphatic heterocycles. The van der Waals surface area contributed by atoms with E-state index in [9.17, 15) is 4.79 Å². The van der Waals surface area contributed by atoms with Gasteiger partial charge in [-0.25, -0.2) is 0 Å². The summed E-state index contributed by atoms with van der Waals surface area (Å²) in [6, 6.07) is 0.0254. The molecule has 0 fully saturated rings. The van der Waals surface area contributed by atoms with Crippen LogP contribution < -0.4 is 0 Å². The van der Waals surface area contributed by atoms with Crippen LogP contribution in [-0.2, 0) is 4.79 Å². The van der Waals surface area contributed by atoms with Crippen LogP contribution in [0.4, 0.5) is 0 Å². The Kier molecular flexibility index (Phi) is 4.30. The summed E-state index contributed by atoms with van der Waals surface area (Å²) in [5, 5.41) is 0. The minimum Gasteiger partial charge on any atom is -0.302 e. The third-order valence-electron chi connectivity index (χ3n) is 1.71. The second kappa shape index (κ2) is 4.46. The molecule has 0 bridgehead atoms. The van der Waals surface area contributed by atoms with Crippen LogP contribution in [0.25, 0.3) is 0 Å². The van der Waals surface area contributed by atoms with Crippen molar-refractivity contribution in [3.05, 3.63) is 0 Å². The first-order valence-corrected chi connectivity index (χ1v) is 3.79. The molecule has 0 radical (unpaired) electrons. The average molecular weight is 158 g/mol. The highest BCUT2D eigenvalue weighted by Gasteiger charge is 2.14. The lowest BCUT2D eigenvalue weighted by atomic mass is 10.2. The Bertz CT molecular complexity index is 132. The fourth-order valence-electron chi connectivity index (χ4n) is 0.732. The van der Waals surface area contributed by atoms with Gasteiger partial charge in [-0.1, -0.05) is 0 Å². The van der Waals surface area contributed by atoms with Crippen molar-refractivity contribution >= 4 is 5.78 Å². The summed E-state index contributed by atoms with van der Waals surface area (Å²) in [5.74, 6) is 0.264. The molecule has 0 unspecified atom stereocenters. The van der Waals surface area contributed by atoms with E-state index in [1.807, 2.05) is 44.9 Å². The van der Waals surface area contributed by atoms with Crippen LogP contribution in [-0.4, -0.2) is 56.4 Å². The number of hydrogen-bond donors (Lipinski definition) is 0. The summed E-state index contributed by atoms with van der Waals surface area (Å²) in [7, 11) is 7.64. The molecule has 0 aromatic carbocycles. The van der Waals surface area contributed by atoms with Crippen molar-refractivity contribution in [2.75, 3.05) is 34.7 Å². The Morgan fingerprint density at radius 2 is 1.73 bits per heavy atom. The van der Waals surface area contributed by atoms with E-state index in [1.165, 1.54) is 0 Å². The number of Topliss-reactive ketones (excluding diaryl/α,β-unsaturated/α-hetero) is 1. The van der Waals surface area contributed by atoms with Crippen molar-refractivity contribution in [1.29, 1.82) is 0 Å². The maximum Gasteiger partial charge on any atom is 0.163 e. The molecule has 3 nitrogen and oxygen atoms in total. The van der Waals surface area contributed by atoms with Crippen molar-refractivity contribution in [3.8, 4) is 0 Å². The van der Waals surface area contributed by atoms with Gasteiger partial charge in [-0.15, -0.1) is 0 Å². The van der Waals surface area contributed by atoms with Gasteiger partial charge in [0, 0.05) is 0 Å². The fraction of sp³-hybridized carbons (Fsp3) is 0.875. The standard InChI is InChI=1S/C8H18N2O/c1-7(10(4)5)8(11)6-9(2)3/h7H,6H2,1-5H3/t7-/m0/s1. The lowest BCUT2D eigenvalue weighted by molar-refractivity contribution is -0.123. The highest BCUT2D eigenvalue weighted by molar-refractivity contribution is 5.85. The zero-order valence-corrected chi connectivity index (χ0v) is 8.09. The SMILES string of the molecule is C[C@@H](C(=O)CN(C)C)N(C)C. The Morgan fingerprint density at radius 3 is 2.00 bits per heavy atom. The Morgan fingerprint density at radius 1 is 1.27 bits per heavy atom. The van der Waals surface area contributed by atoms with Gasteiger partial charge in [0.1, 0.15) is 0 Å². The van der Waals surface area contributed by atoms with Crippen LogP contribution >= 0.6 is 0 Å². The van der Waals surface area contributed by atoms with Crippen LogP contribution in [0, 0.1) is 0 Å². The number of carbonyl (C=O) groups excluding carboxylic acids is 1. The van der Waals surface area contributed by atoms with E-state index >= 15 is 0 Å². The summed E-state index contributed by atoms with van der Waals surface area (Å²) in [6.45, 7) is 2.45. The first-order chi connectivity index (χ1) is 4.95. The number of likely N-dealkylation sites (N-methyl/N-ethyl adjacent to an activating group) is 2. The summed E-state index contributed by atoms with van der Waals surface area (Å²) in [6.07, 6.45) is 0. The molecule has 0 spiro atoms. The maximum absolute atomic E-state index is 11.3. The highest BCUT2D eigenvalue weighted by atomic mass is 16.1. The number of ketones is 1. The van der Waals surface area contributed by atoms with E-state index in [0.29, 0.717) is 6.54 Å². The normalized spacial score (nSPS) is 14.1. The highest BCUT2D eigenvalue weighted by Crippen LogP contribution is 1.93. The molecule has 0 rings (SSSR count). The molecule has 0 saturated carbocycles. The number of hydrogen-bond acceptors (Lipinski definition) is 3. The molecule has 0 saturated heterocycles. The zero-order valence-electron chi connectivity index (χ0n) is 8.09. The van der Waals surface area contributed by atoms with Crippen molar-refractivity contribution in [3.63, 3.8) is 0 Å². The van der Waals surface area contributed by atoms with E-state index in [4.69, 9.17) is 0 Å². The van der Waals surface area contributed by atoms with E-state index in [-0.39, 0.29) is 11.8 Å². The summed E-state index contributed by atoms with van der Waals surface area (Å²) in [4.78, 5) is 15.1. The minimum atomic E-state index is 0.0254. The summed E-state index contributed by atoms with van der Waals surface area (Å²) in [5.41, 5.74) is 0. The van der Waals surface area contributed by atoms with Crippen LogP contribution in [0.15, 0.2) is 0 Å². The van der Waals surface area contributed by atoms with Gasteiger partial charge in [0.2, 0.25) is 0 Å². The van der Waals surface area contributed by atoms with Gasteiger partial charge in [0.05, 0.1) is 12.6 Å². The largest absolute Gasteiger partial charge is 0.302 e. The van der Waals surface area contributed by atoms with Gasteiger partial charge in [-0.2, -0.15) is 0 Å². The van der Waals surface area contributed by atoms with Gasteiger partial charge in [0.25, 0.3) is 0 Å². The minimum absolute atomic E-state index is 0.0254. The first kappa shape index (κ1) is 10.6. The van der Waals surface area contributed by atoms with E-state index in [1.54, 1.807) is 0 Å². The predicted octanol–water partition coefficient (Wildman–Crippen LogP) is 0.0672. The summed E-state index contributed by atoms with van der Waals surface area (Å²) >= 11 is 0. The zero-order chi connectivity index (χ0) is 9.02. The molecule has 0 N–H and O–H groups in total. The molecule has 0 aliphatic rings. The molecule has 0 aliphatic carbocycles. The maximum atomic E-state index is 11.3. The molecular formula is C8H18N2O. The van der Waals surface area contributed by atoms with Crippen LogP contribution in [0.5, 0.6) is 0 Å².